The van der Waals surface area contributed by atoms with E-state index in [1.54, 1.807) is 7.05 Å². The monoisotopic (exact) mass is 333 g/mol. The lowest BCUT2D eigenvalue weighted by molar-refractivity contribution is 0.709. The van der Waals surface area contributed by atoms with Gasteiger partial charge in [0.2, 0.25) is 5.95 Å². The molecule has 0 amide bonds. The second-order valence-corrected chi connectivity index (χ2v) is 5.67. The first-order valence-corrected chi connectivity index (χ1v) is 7.50. The molecule has 7 nitrogen and oxygen atoms in total. The Morgan fingerprint density at radius 3 is 2.70 bits per heavy atom. The fraction of sp³-hybridized carbons (Fsp3) is 0.267. The minimum atomic E-state index is -0.406. The molecule has 0 aliphatic heterocycles. The molecule has 0 unspecified atom stereocenters. The number of aromatic amines is 1. The molecule has 0 fully saturated rings. The number of imidazole rings is 1. The number of aromatic nitrogens is 4. The topological polar surface area (TPSA) is 84.7 Å². The van der Waals surface area contributed by atoms with E-state index in [-0.39, 0.29) is 0 Å². The predicted molar refractivity (Wildman–Crippen MR) is 90.2 cm³/mol. The van der Waals surface area contributed by atoms with Crippen LogP contribution in [0, 0.1) is 0 Å². The molecule has 3 aromatic rings. The van der Waals surface area contributed by atoms with Crippen molar-refractivity contribution < 1.29 is 0 Å². The van der Waals surface area contributed by atoms with Gasteiger partial charge in [-0.1, -0.05) is 29.8 Å². The summed E-state index contributed by atoms with van der Waals surface area (Å²) in [5.41, 5.74) is 0.862. The van der Waals surface area contributed by atoms with E-state index in [9.17, 15) is 9.59 Å². The Bertz CT molecular complexity index is 986. The molecule has 120 valence electrons. The highest BCUT2D eigenvalue weighted by atomic mass is 35.5. The highest BCUT2D eigenvalue weighted by Gasteiger charge is 2.13. The summed E-state index contributed by atoms with van der Waals surface area (Å²) in [5, 5.41) is 3.83. The average Bonchev–Trinajstić information content (AvgIpc) is 2.97. The zero-order valence-corrected chi connectivity index (χ0v) is 13.5. The largest absolute Gasteiger partial charge is 0.355 e. The third-order valence-electron chi connectivity index (χ3n) is 3.74. The maximum atomic E-state index is 12.1. The number of nitrogens with zero attached hydrogens (tertiary/aromatic N) is 3. The molecule has 2 heterocycles. The van der Waals surface area contributed by atoms with Crippen LogP contribution in [0.3, 0.4) is 0 Å². The van der Waals surface area contributed by atoms with Gasteiger partial charge in [0.1, 0.15) is 0 Å². The van der Waals surface area contributed by atoms with Gasteiger partial charge in [-0.15, -0.1) is 0 Å². The minimum Gasteiger partial charge on any atom is -0.355 e. The summed E-state index contributed by atoms with van der Waals surface area (Å²) in [5.74, 6) is 0.449. The van der Waals surface area contributed by atoms with Crippen molar-refractivity contribution in [2.75, 3.05) is 11.9 Å². The molecule has 0 radical (unpaired) electrons. The molecule has 0 saturated carbocycles. The van der Waals surface area contributed by atoms with Crippen molar-refractivity contribution in [3.05, 3.63) is 55.7 Å². The van der Waals surface area contributed by atoms with Crippen LogP contribution in [0.4, 0.5) is 5.95 Å². The number of hydrogen-bond donors (Lipinski definition) is 2. The van der Waals surface area contributed by atoms with Crippen molar-refractivity contribution in [1.82, 2.24) is 19.1 Å². The quantitative estimate of drug-likeness (QED) is 0.753. The first-order valence-electron chi connectivity index (χ1n) is 7.12. The number of anilines is 1. The van der Waals surface area contributed by atoms with Crippen molar-refractivity contribution in [1.29, 1.82) is 0 Å². The smallest absolute Gasteiger partial charge is 0.332 e. The van der Waals surface area contributed by atoms with Crippen molar-refractivity contribution in [2.45, 2.75) is 6.42 Å². The van der Waals surface area contributed by atoms with E-state index < -0.39 is 11.2 Å². The van der Waals surface area contributed by atoms with Crippen LogP contribution in [0.1, 0.15) is 5.56 Å². The number of halogens is 1. The average molecular weight is 334 g/mol. The maximum absolute atomic E-state index is 12.1. The molecule has 0 bridgehead atoms. The number of benzene rings is 1. The third-order valence-corrected chi connectivity index (χ3v) is 4.11. The lowest BCUT2D eigenvalue weighted by Gasteiger charge is -2.04. The van der Waals surface area contributed by atoms with Crippen molar-refractivity contribution in [2.24, 2.45) is 14.1 Å². The van der Waals surface area contributed by atoms with E-state index in [1.807, 2.05) is 24.3 Å². The molecule has 2 aromatic heterocycles. The van der Waals surface area contributed by atoms with Crippen LogP contribution in [0.15, 0.2) is 33.9 Å². The van der Waals surface area contributed by atoms with Gasteiger partial charge in [0.15, 0.2) is 11.2 Å². The molecule has 0 saturated heterocycles. The summed E-state index contributed by atoms with van der Waals surface area (Å²) >= 11 is 6.11. The second-order valence-electron chi connectivity index (χ2n) is 5.26. The molecule has 0 atom stereocenters. The predicted octanol–water partition coefficient (Wildman–Crippen LogP) is 1.27. The second kappa shape index (κ2) is 5.92. The van der Waals surface area contributed by atoms with E-state index in [2.05, 4.69) is 15.3 Å². The molecule has 8 heteroatoms. The van der Waals surface area contributed by atoms with E-state index in [1.165, 1.54) is 11.6 Å². The summed E-state index contributed by atoms with van der Waals surface area (Å²) < 4.78 is 2.39. The van der Waals surface area contributed by atoms with Crippen LogP contribution in [0.2, 0.25) is 5.02 Å². The Balaban J connectivity index is 1.84. The van der Waals surface area contributed by atoms with Gasteiger partial charge in [0.25, 0.3) is 5.56 Å². The zero-order chi connectivity index (χ0) is 16.6. The van der Waals surface area contributed by atoms with Crippen LogP contribution >= 0.6 is 11.6 Å². The molecule has 0 aliphatic carbocycles. The van der Waals surface area contributed by atoms with Crippen LogP contribution in [0.5, 0.6) is 0 Å². The summed E-state index contributed by atoms with van der Waals surface area (Å²) in [6, 6.07) is 7.62. The number of rotatable bonds is 4. The summed E-state index contributed by atoms with van der Waals surface area (Å²) in [4.78, 5) is 31.2. The molecule has 1 aromatic carbocycles. The first-order chi connectivity index (χ1) is 11.0. The van der Waals surface area contributed by atoms with E-state index in [0.29, 0.717) is 30.1 Å². The van der Waals surface area contributed by atoms with Crippen LogP contribution < -0.4 is 16.6 Å². The van der Waals surface area contributed by atoms with E-state index >= 15 is 0 Å². The lowest BCUT2D eigenvalue weighted by atomic mass is 10.1. The lowest BCUT2D eigenvalue weighted by Crippen LogP contribution is -2.36. The molecular weight excluding hydrogens is 318 g/mol. The minimum absolute atomic E-state index is 0.301. The van der Waals surface area contributed by atoms with Gasteiger partial charge in [-0.05, 0) is 18.1 Å². The van der Waals surface area contributed by atoms with Crippen LogP contribution in [-0.2, 0) is 20.5 Å². The zero-order valence-electron chi connectivity index (χ0n) is 12.8. The Morgan fingerprint density at radius 2 is 1.96 bits per heavy atom. The highest BCUT2D eigenvalue weighted by molar-refractivity contribution is 6.31. The number of hydrogen-bond acceptors (Lipinski definition) is 4. The summed E-state index contributed by atoms with van der Waals surface area (Å²) in [6.07, 6.45) is 0.716. The molecule has 23 heavy (non-hydrogen) atoms. The molecule has 3 rings (SSSR count). The Kier molecular flexibility index (Phi) is 3.96. The molecule has 0 aliphatic rings. The summed E-state index contributed by atoms with van der Waals surface area (Å²) in [7, 11) is 3.02. The number of aryl methyl sites for hydroxylation is 1. The van der Waals surface area contributed by atoms with Crippen LogP contribution in [-0.4, -0.2) is 25.6 Å². The Morgan fingerprint density at radius 1 is 1.22 bits per heavy atom. The third kappa shape index (κ3) is 2.75. The van der Waals surface area contributed by atoms with Crippen molar-refractivity contribution in [3.8, 4) is 0 Å². The maximum Gasteiger partial charge on any atom is 0.332 e. The normalized spacial score (nSPS) is 11.1. The van der Waals surface area contributed by atoms with Gasteiger partial charge in [-0.3, -0.25) is 13.9 Å². The number of nitrogens with one attached hydrogen (secondary N) is 2. The number of fused-ring (bicyclic) bond motifs is 1. The van der Waals surface area contributed by atoms with Gasteiger partial charge < -0.3 is 10.3 Å². The Labute approximate surface area is 136 Å². The van der Waals surface area contributed by atoms with Crippen LogP contribution in [0.25, 0.3) is 11.2 Å². The van der Waals surface area contributed by atoms with Crippen molar-refractivity contribution >= 4 is 28.7 Å². The fourth-order valence-corrected chi connectivity index (χ4v) is 2.66. The standard InChI is InChI=1S/C15H16ClN5O2/c1-20-12-11(13(22)21(2)15(20)23)18-14(19-12)17-8-7-9-5-3-4-6-10(9)16/h3-6H,7-8H2,1-2H3,(H2,17,18,19). The number of H-pyrrole nitrogens is 1. The fourth-order valence-electron chi connectivity index (χ4n) is 2.43. The van der Waals surface area contributed by atoms with E-state index in [0.717, 1.165) is 15.2 Å². The molecule has 2 N–H and O–H groups in total. The molecular formula is C15H16ClN5O2. The SMILES string of the molecule is Cn1c(=O)c2[nH]c(NCCc3ccccc3Cl)nc2n(C)c1=O. The summed E-state index contributed by atoms with van der Waals surface area (Å²) in [6.45, 7) is 0.595. The van der Waals surface area contributed by atoms with Gasteiger partial charge in [0, 0.05) is 25.7 Å². The van der Waals surface area contributed by atoms with E-state index in [4.69, 9.17) is 11.6 Å². The van der Waals surface area contributed by atoms with Gasteiger partial charge in [-0.25, -0.2) is 4.79 Å². The first kappa shape index (κ1) is 15.4. The van der Waals surface area contributed by atoms with Gasteiger partial charge in [-0.2, -0.15) is 4.98 Å². The van der Waals surface area contributed by atoms with Gasteiger partial charge in [0.05, 0.1) is 0 Å². The Hall–Kier alpha value is -2.54. The molecule has 0 spiro atoms. The van der Waals surface area contributed by atoms with Gasteiger partial charge >= 0.3 is 5.69 Å². The highest BCUT2D eigenvalue weighted by Crippen LogP contribution is 2.15. The van der Waals surface area contributed by atoms with Crippen molar-refractivity contribution in [3.63, 3.8) is 0 Å².